The van der Waals surface area contributed by atoms with Gasteiger partial charge in [-0.05, 0) is 57.4 Å². The van der Waals surface area contributed by atoms with Gasteiger partial charge in [0.05, 0.1) is 16.8 Å². The van der Waals surface area contributed by atoms with Gasteiger partial charge in [-0.1, -0.05) is 0 Å². The third-order valence-corrected chi connectivity index (χ3v) is 5.05. The lowest BCUT2D eigenvalue weighted by Gasteiger charge is -2.34. The number of benzene rings is 2. The maximum Gasteiger partial charge on any atom is 0.416 e. The molecule has 1 N–H and O–H groups in total. The van der Waals surface area contributed by atoms with Crippen molar-refractivity contribution in [3.05, 3.63) is 53.1 Å². The van der Waals surface area contributed by atoms with Crippen LogP contribution in [0.4, 0.5) is 37.7 Å². The van der Waals surface area contributed by atoms with Crippen LogP contribution < -0.4 is 15.0 Å². The van der Waals surface area contributed by atoms with E-state index in [1.165, 1.54) is 23.1 Å². The summed E-state index contributed by atoms with van der Waals surface area (Å²) in [5, 5.41) is 2.30. The Bertz CT molecular complexity index is 1070. The summed E-state index contributed by atoms with van der Waals surface area (Å²) in [6, 6.07) is 4.86. The lowest BCUT2D eigenvalue weighted by molar-refractivity contribution is -0.143. The second-order valence-electron chi connectivity index (χ2n) is 7.98. The summed E-state index contributed by atoms with van der Waals surface area (Å²) in [5.41, 5.74) is -3.62. The zero-order valence-electron chi connectivity index (χ0n) is 18.3. The van der Waals surface area contributed by atoms with Crippen LogP contribution in [0.1, 0.15) is 28.4 Å². The number of alkyl halides is 6. The Morgan fingerprint density at radius 1 is 1.03 bits per heavy atom. The molecule has 0 radical (unpaired) electrons. The molecule has 12 heteroatoms. The van der Waals surface area contributed by atoms with E-state index in [4.69, 9.17) is 4.74 Å². The van der Waals surface area contributed by atoms with Crippen molar-refractivity contribution in [2.24, 2.45) is 0 Å². The van der Waals surface area contributed by atoms with Gasteiger partial charge in [0.25, 0.3) is 11.8 Å². The van der Waals surface area contributed by atoms with Gasteiger partial charge in [0, 0.05) is 24.3 Å². The largest absolute Gasteiger partial charge is 0.479 e. The molecule has 1 aliphatic rings. The first-order valence-electron chi connectivity index (χ1n) is 10.0. The summed E-state index contributed by atoms with van der Waals surface area (Å²) >= 11 is 0. The monoisotopic (exact) mass is 489 g/mol. The fraction of sp³-hybridized carbons (Fsp3) is 0.364. The Morgan fingerprint density at radius 2 is 1.62 bits per heavy atom. The summed E-state index contributed by atoms with van der Waals surface area (Å²) in [7, 11) is 3.63. The van der Waals surface area contributed by atoms with Crippen molar-refractivity contribution in [1.82, 2.24) is 4.90 Å². The summed E-state index contributed by atoms with van der Waals surface area (Å²) in [6.45, 7) is 2.39. The highest BCUT2D eigenvalue weighted by atomic mass is 19.4. The second-order valence-corrected chi connectivity index (χ2v) is 7.98. The number of hydrogen-bond donors (Lipinski definition) is 1. The van der Waals surface area contributed by atoms with Gasteiger partial charge in [-0.15, -0.1) is 0 Å². The number of hydrogen-bond acceptors (Lipinski definition) is 4. The minimum absolute atomic E-state index is 0.0532. The van der Waals surface area contributed by atoms with Crippen LogP contribution in [0.25, 0.3) is 0 Å². The topological polar surface area (TPSA) is 61.9 Å². The fourth-order valence-corrected chi connectivity index (χ4v) is 3.30. The summed E-state index contributed by atoms with van der Waals surface area (Å²) in [5.74, 6) is -1.15. The molecule has 1 unspecified atom stereocenters. The SMILES string of the molecule is CC1Oc2ccc(NC(=O)c3cc(C(F)(F)F)cc(C(F)(F)F)c3)cc2N(CCN(C)C)C1=O. The summed E-state index contributed by atoms with van der Waals surface area (Å²) in [4.78, 5) is 28.5. The number of rotatable bonds is 5. The average molecular weight is 489 g/mol. The molecule has 1 aliphatic heterocycles. The first-order valence-corrected chi connectivity index (χ1v) is 10.0. The summed E-state index contributed by atoms with van der Waals surface area (Å²) < 4.78 is 84.2. The molecule has 1 heterocycles. The van der Waals surface area contributed by atoms with E-state index in [1.54, 1.807) is 6.92 Å². The molecule has 34 heavy (non-hydrogen) atoms. The first-order chi connectivity index (χ1) is 15.7. The van der Waals surface area contributed by atoms with E-state index in [9.17, 15) is 35.9 Å². The molecule has 2 aromatic carbocycles. The molecule has 2 aromatic rings. The van der Waals surface area contributed by atoms with Crippen LogP contribution in [-0.2, 0) is 17.1 Å². The van der Waals surface area contributed by atoms with Gasteiger partial charge in [-0.2, -0.15) is 26.3 Å². The summed E-state index contributed by atoms with van der Waals surface area (Å²) in [6.07, 6.45) is -10.9. The maximum absolute atomic E-state index is 13.1. The molecular formula is C22H21F6N3O3. The number of nitrogens with one attached hydrogen (secondary N) is 1. The van der Waals surface area contributed by atoms with E-state index in [1.807, 2.05) is 19.0 Å². The Hall–Kier alpha value is -3.28. The zero-order valence-corrected chi connectivity index (χ0v) is 18.3. The molecule has 0 saturated carbocycles. The average Bonchev–Trinajstić information content (AvgIpc) is 2.72. The van der Waals surface area contributed by atoms with E-state index in [0.717, 1.165) is 0 Å². The van der Waals surface area contributed by atoms with Gasteiger partial charge in [0.2, 0.25) is 0 Å². The normalized spacial score (nSPS) is 16.4. The van der Waals surface area contributed by atoms with Crippen molar-refractivity contribution in [2.45, 2.75) is 25.4 Å². The van der Waals surface area contributed by atoms with Crippen LogP contribution in [0.3, 0.4) is 0 Å². The van der Waals surface area contributed by atoms with Crippen molar-refractivity contribution in [2.75, 3.05) is 37.4 Å². The van der Waals surface area contributed by atoms with Crippen LogP contribution in [0, 0.1) is 0 Å². The molecule has 0 aromatic heterocycles. The van der Waals surface area contributed by atoms with Gasteiger partial charge in [-0.25, -0.2) is 0 Å². The highest BCUT2D eigenvalue weighted by Crippen LogP contribution is 2.38. The molecule has 0 saturated heterocycles. The minimum atomic E-state index is -5.08. The predicted octanol–water partition coefficient (Wildman–Crippen LogP) is 4.65. The number of likely N-dealkylation sites (N-methyl/N-ethyl adjacent to an activating group) is 1. The van der Waals surface area contributed by atoms with Crippen LogP contribution in [0.2, 0.25) is 0 Å². The van der Waals surface area contributed by atoms with Gasteiger partial charge < -0.3 is 19.9 Å². The third kappa shape index (κ3) is 5.61. The molecule has 0 aliphatic carbocycles. The molecule has 1 atom stereocenters. The van der Waals surface area contributed by atoms with Crippen molar-refractivity contribution in [3.63, 3.8) is 0 Å². The van der Waals surface area contributed by atoms with Crippen LogP contribution in [0.5, 0.6) is 5.75 Å². The highest BCUT2D eigenvalue weighted by Gasteiger charge is 2.37. The van der Waals surface area contributed by atoms with Gasteiger partial charge in [-0.3, -0.25) is 9.59 Å². The van der Waals surface area contributed by atoms with Crippen molar-refractivity contribution in [3.8, 4) is 5.75 Å². The number of halogens is 6. The standard InChI is InChI=1S/C22H21F6N3O3/c1-12-20(33)31(7-6-30(2)3)17-11-16(4-5-18(17)34-12)29-19(32)13-8-14(21(23,24)25)10-15(9-13)22(26,27)28/h4-5,8-12H,6-7H2,1-3H3,(H,29,32). The lowest BCUT2D eigenvalue weighted by atomic mass is 10.0. The number of anilines is 2. The van der Waals surface area contributed by atoms with E-state index < -0.39 is 41.1 Å². The Balaban J connectivity index is 1.94. The number of fused-ring (bicyclic) bond motifs is 1. The van der Waals surface area contributed by atoms with Gasteiger partial charge >= 0.3 is 12.4 Å². The highest BCUT2D eigenvalue weighted by molar-refractivity contribution is 6.06. The fourth-order valence-electron chi connectivity index (χ4n) is 3.30. The Kier molecular flexibility index (Phi) is 6.83. The van der Waals surface area contributed by atoms with E-state index in [2.05, 4.69) is 5.32 Å². The Labute approximate surface area is 191 Å². The lowest BCUT2D eigenvalue weighted by Crippen LogP contribution is -2.46. The number of ether oxygens (including phenoxy) is 1. The first kappa shape index (κ1) is 25.3. The number of carbonyl (C=O) groups excluding carboxylic acids is 2. The molecule has 184 valence electrons. The number of carbonyl (C=O) groups is 2. The Morgan fingerprint density at radius 3 is 2.15 bits per heavy atom. The molecule has 6 nitrogen and oxygen atoms in total. The van der Waals surface area contributed by atoms with Crippen LogP contribution in [-0.4, -0.2) is 50.0 Å². The molecule has 0 bridgehead atoms. The van der Waals surface area contributed by atoms with Crippen molar-refractivity contribution in [1.29, 1.82) is 0 Å². The molecule has 2 amide bonds. The van der Waals surface area contributed by atoms with E-state index in [0.29, 0.717) is 36.7 Å². The van der Waals surface area contributed by atoms with Crippen LogP contribution >= 0.6 is 0 Å². The van der Waals surface area contributed by atoms with Crippen molar-refractivity contribution < 1.29 is 40.7 Å². The zero-order chi connectivity index (χ0) is 25.4. The third-order valence-electron chi connectivity index (χ3n) is 5.05. The molecule has 0 fully saturated rings. The predicted molar refractivity (Wildman–Crippen MR) is 112 cm³/mol. The molecule has 3 rings (SSSR count). The maximum atomic E-state index is 13.1. The van der Waals surface area contributed by atoms with Gasteiger partial charge in [0.1, 0.15) is 5.75 Å². The number of amides is 2. The molecule has 0 spiro atoms. The quantitative estimate of drug-likeness (QED) is 0.622. The molecular weight excluding hydrogens is 468 g/mol. The second kappa shape index (κ2) is 9.16. The van der Waals surface area contributed by atoms with E-state index >= 15 is 0 Å². The smallest absolute Gasteiger partial charge is 0.416 e. The van der Waals surface area contributed by atoms with Crippen molar-refractivity contribution >= 4 is 23.2 Å². The van der Waals surface area contributed by atoms with Crippen LogP contribution in [0.15, 0.2) is 36.4 Å². The number of nitrogens with zero attached hydrogens (tertiary/aromatic N) is 2. The van der Waals surface area contributed by atoms with Gasteiger partial charge in [0.15, 0.2) is 6.10 Å². The van der Waals surface area contributed by atoms with E-state index in [-0.39, 0.29) is 17.7 Å². The minimum Gasteiger partial charge on any atom is -0.479 e.